The molecule has 1 atom stereocenters. The third-order valence-corrected chi connectivity index (χ3v) is 3.65. The Labute approximate surface area is 140 Å². The number of nitrogens with two attached hydrogens (primary N) is 1. The predicted molar refractivity (Wildman–Crippen MR) is 95.5 cm³/mol. The summed E-state index contributed by atoms with van der Waals surface area (Å²) in [6, 6.07) is 18.5. The van der Waals surface area contributed by atoms with Gasteiger partial charge in [0.15, 0.2) is 0 Å². The summed E-state index contributed by atoms with van der Waals surface area (Å²) in [5, 5.41) is 0. The molecule has 2 N–H and O–H groups in total. The van der Waals surface area contributed by atoms with E-state index in [1.807, 2.05) is 30.3 Å². The van der Waals surface area contributed by atoms with Gasteiger partial charge < -0.3 is 10.5 Å². The lowest BCUT2D eigenvalue weighted by Gasteiger charge is -2.13. The van der Waals surface area contributed by atoms with Gasteiger partial charge in [-0.2, -0.15) is 0 Å². The van der Waals surface area contributed by atoms with Gasteiger partial charge in [-0.15, -0.1) is 12.4 Å². The minimum Gasteiger partial charge on any atom is -0.489 e. The first-order valence-electron chi connectivity index (χ1n) is 7.82. The smallest absolute Gasteiger partial charge is 0.120 e. The molecule has 2 rings (SSSR count). The van der Waals surface area contributed by atoms with E-state index >= 15 is 0 Å². The van der Waals surface area contributed by atoms with Crippen LogP contribution < -0.4 is 10.5 Å². The van der Waals surface area contributed by atoms with Crippen LogP contribution in [-0.4, -0.2) is 0 Å². The number of rotatable bonds is 8. The van der Waals surface area contributed by atoms with Crippen LogP contribution in [0.3, 0.4) is 0 Å². The molecule has 0 aliphatic carbocycles. The molecule has 22 heavy (non-hydrogen) atoms. The SMILES string of the molecule is CCCCC[C@@H](N)c1cccc(OCc2ccccc2)c1.Cl. The largest absolute Gasteiger partial charge is 0.489 e. The van der Waals surface area contributed by atoms with Gasteiger partial charge in [0.2, 0.25) is 0 Å². The van der Waals surface area contributed by atoms with Gasteiger partial charge in [0.1, 0.15) is 12.4 Å². The molecule has 2 nitrogen and oxygen atoms in total. The van der Waals surface area contributed by atoms with Crippen molar-refractivity contribution < 1.29 is 4.74 Å². The lowest BCUT2D eigenvalue weighted by atomic mass is 10.0. The Morgan fingerprint density at radius 2 is 1.77 bits per heavy atom. The van der Waals surface area contributed by atoms with Crippen molar-refractivity contribution in [2.45, 2.75) is 45.3 Å². The molecule has 2 aromatic rings. The van der Waals surface area contributed by atoms with Gasteiger partial charge in [-0.3, -0.25) is 0 Å². The highest BCUT2D eigenvalue weighted by Gasteiger charge is 2.06. The van der Waals surface area contributed by atoms with E-state index in [2.05, 4.69) is 31.2 Å². The van der Waals surface area contributed by atoms with Crippen LogP contribution in [0.1, 0.15) is 49.8 Å². The second-order valence-electron chi connectivity index (χ2n) is 5.45. The highest BCUT2D eigenvalue weighted by Crippen LogP contribution is 2.22. The summed E-state index contributed by atoms with van der Waals surface area (Å²) in [6.45, 7) is 2.80. The van der Waals surface area contributed by atoms with Crippen molar-refractivity contribution in [3.8, 4) is 5.75 Å². The van der Waals surface area contributed by atoms with Gasteiger partial charge in [0, 0.05) is 6.04 Å². The maximum Gasteiger partial charge on any atom is 0.120 e. The maximum absolute atomic E-state index is 6.26. The van der Waals surface area contributed by atoms with Gasteiger partial charge in [0.25, 0.3) is 0 Å². The summed E-state index contributed by atoms with van der Waals surface area (Å²) in [5.41, 5.74) is 8.60. The lowest BCUT2D eigenvalue weighted by Crippen LogP contribution is -2.10. The van der Waals surface area contributed by atoms with Crippen molar-refractivity contribution in [3.05, 3.63) is 65.7 Å². The van der Waals surface area contributed by atoms with E-state index in [1.54, 1.807) is 0 Å². The number of unbranched alkanes of at least 4 members (excludes halogenated alkanes) is 2. The Morgan fingerprint density at radius 1 is 1.00 bits per heavy atom. The maximum atomic E-state index is 6.26. The van der Waals surface area contributed by atoms with Crippen LogP contribution >= 0.6 is 12.4 Å². The van der Waals surface area contributed by atoms with E-state index in [-0.39, 0.29) is 18.4 Å². The molecule has 0 bridgehead atoms. The van der Waals surface area contributed by atoms with Crippen LogP contribution in [0.15, 0.2) is 54.6 Å². The van der Waals surface area contributed by atoms with Crippen molar-refractivity contribution >= 4 is 12.4 Å². The van der Waals surface area contributed by atoms with Crippen molar-refractivity contribution in [2.75, 3.05) is 0 Å². The van der Waals surface area contributed by atoms with Crippen LogP contribution in [0.5, 0.6) is 5.75 Å². The van der Waals surface area contributed by atoms with E-state index in [1.165, 1.54) is 24.8 Å². The van der Waals surface area contributed by atoms with Crippen molar-refractivity contribution in [3.63, 3.8) is 0 Å². The molecule has 0 radical (unpaired) electrons. The molecule has 0 heterocycles. The molecule has 0 saturated carbocycles. The summed E-state index contributed by atoms with van der Waals surface area (Å²) in [6.07, 6.45) is 4.70. The highest BCUT2D eigenvalue weighted by atomic mass is 35.5. The number of halogens is 1. The van der Waals surface area contributed by atoms with Crippen LogP contribution in [0, 0.1) is 0 Å². The highest BCUT2D eigenvalue weighted by molar-refractivity contribution is 5.85. The fraction of sp³-hybridized carbons (Fsp3) is 0.368. The van der Waals surface area contributed by atoms with E-state index in [4.69, 9.17) is 10.5 Å². The second kappa shape index (κ2) is 10.3. The predicted octanol–water partition coefficient (Wildman–Crippen LogP) is 5.27. The van der Waals surface area contributed by atoms with Gasteiger partial charge >= 0.3 is 0 Å². The number of hydrogen-bond acceptors (Lipinski definition) is 2. The van der Waals surface area contributed by atoms with Crippen LogP contribution in [0.25, 0.3) is 0 Å². The molecular weight excluding hydrogens is 294 g/mol. The van der Waals surface area contributed by atoms with E-state index < -0.39 is 0 Å². The summed E-state index contributed by atoms with van der Waals surface area (Å²) in [4.78, 5) is 0. The Balaban J connectivity index is 0.00000242. The lowest BCUT2D eigenvalue weighted by molar-refractivity contribution is 0.305. The second-order valence-corrected chi connectivity index (χ2v) is 5.45. The number of hydrogen-bond donors (Lipinski definition) is 1. The third-order valence-electron chi connectivity index (χ3n) is 3.65. The Kier molecular flexibility index (Phi) is 8.64. The topological polar surface area (TPSA) is 35.2 Å². The first kappa shape index (κ1) is 18.5. The average molecular weight is 320 g/mol. The molecular formula is C19H26ClNO. The molecule has 0 spiro atoms. The van der Waals surface area contributed by atoms with Gasteiger partial charge in [-0.25, -0.2) is 0 Å². The first-order valence-corrected chi connectivity index (χ1v) is 7.82. The summed E-state index contributed by atoms with van der Waals surface area (Å²) in [7, 11) is 0. The van der Waals surface area contributed by atoms with Crippen LogP contribution in [-0.2, 0) is 6.61 Å². The summed E-state index contributed by atoms with van der Waals surface area (Å²) in [5.74, 6) is 0.891. The Hall–Kier alpha value is -1.51. The zero-order chi connectivity index (χ0) is 14.9. The average Bonchev–Trinajstić information content (AvgIpc) is 2.54. The zero-order valence-electron chi connectivity index (χ0n) is 13.2. The minimum atomic E-state index is 0. The summed E-state index contributed by atoms with van der Waals surface area (Å²) < 4.78 is 5.85. The minimum absolute atomic E-state index is 0. The van der Waals surface area contributed by atoms with E-state index in [0.717, 1.165) is 17.7 Å². The molecule has 0 fully saturated rings. The molecule has 3 heteroatoms. The molecule has 0 unspecified atom stereocenters. The molecule has 0 aliphatic heterocycles. The van der Waals surface area contributed by atoms with Gasteiger partial charge in [-0.05, 0) is 29.7 Å². The molecule has 120 valence electrons. The Morgan fingerprint density at radius 3 is 2.50 bits per heavy atom. The van der Waals surface area contributed by atoms with Crippen molar-refractivity contribution in [2.24, 2.45) is 5.73 Å². The van der Waals surface area contributed by atoms with Gasteiger partial charge in [0.05, 0.1) is 0 Å². The third kappa shape index (κ3) is 6.08. The first-order chi connectivity index (χ1) is 10.3. The monoisotopic (exact) mass is 319 g/mol. The quantitative estimate of drug-likeness (QED) is 0.673. The Bertz CT molecular complexity index is 530. The van der Waals surface area contributed by atoms with Crippen LogP contribution in [0.4, 0.5) is 0 Å². The van der Waals surface area contributed by atoms with Gasteiger partial charge in [-0.1, -0.05) is 68.7 Å². The molecule has 0 aliphatic rings. The fourth-order valence-electron chi connectivity index (χ4n) is 2.36. The van der Waals surface area contributed by atoms with Crippen molar-refractivity contribution in [1.82, 2.24) is 0 Å². The summed E-state index contributed by atoms with van der Waals surface area (Å²) >= 11 is 0. The number of ether oxygens (including phenoxy) is 1. The normalized spacial score (nSPS) is 11.5. The molecule has 2 aromatic carbocycles. The standard InChI is InChI=1S/C19H25NO.ClH/c1-2-3-5-13-19(20)17-11-8-12-18(14-17)21-15-16-9-6-4-7-10-16;/h4,6-12,14,19H,2-3,5,13,15,20H2,1H3;1H/t19-;/m1./s1. The number of benzene rings is 2. The van der Waals surface area contributed by atoms with E-state index in [9.17, 15) is 0 Å². The fourth-order valence-corrected chi connectivity index (χ4v) is 2.36. The zero-order valence-corrected chi connectivity index (χ0v) is 14.0. The van der Waals surface area contributed by atoms with Crippen molar-refractivity contribution in [1.29, 1.82) is 0 Å². The van der Waals surface area contributed by atoms with Crippen LogP contribution in [0.2, 0.25) is 0 Å². The molecule has 0 saturated heterocycles. The van der Waals surface area contributed by atoms with E-state index in [0.29, 0.717) is 6.61 Å². The molecule has 0 aromatic heterocycles. The molecule has 0 amide bonds.